The van der Waals surface area contributed by atoms with Crippen LogP contribution < -0.4 is 10.5 Å². The third kappa shape index (κ3) is 3.76. The predicted octanol–water partition coefficient (Wildman–Crippen LogP) is 4.79. The van der Waals surface area contributed by atoms with Crippen molar-refractivity contribution in [1.82, 2.24) is 0 Å². The zero-order chi connectivity index (χ0) is 15.8. The van der Waals surface area contributed by atoms with Crippen molar-refractivity contribution in [2.45, 2.75) is 4.90 Å². The number of nitrogens with two attached hydrogens (primary N) is 1. The van der Waals surface area contributed by atoms with Crippen LogP contribution in [-0.2, 0) is 10.0 Å². The molecule has 0 heterocycles. The average molecular weight is 431 g/mol. The van der Waals surface area contributed by atoms with Gasteiger partial charge in [0.1, 0.15) is 4.90 Å². The van der Waals surface area contributed by atoms with E-state index in [1.165, 1.54) is 18.2 Å². The Morgan fingerprint density at radius 1 is 1.05 bits per heavy atom. The molecule has 0 aliphatic rings. The number of benzene rings is 2. The lowest BCUT2D eigenvalue weighted by Crippen LogP contribution is -2.15. The van der Waals surface area contributed by atoms with Crippen LogP contribution in [0.1, 0.15) is 0 Å². The SMILES string of the molecule is Nc1cc(Cl)cc(Cl)c1S(=O)(=O)Nc1cc(Cl)ccc1Br. The molecule has 0 saturated carbocycles. The maximum absolute atomic E-state index is 12.4. The molecule has 0 amide bonds. The third-order valence-corrected chi connectivity index (χ3v) is 5.52. The van der Waals surface area contributed by atoms with Crippen molar-refractivity contribution in [3.63, 3.8) is 0 Å². The van der Waals surface area contributed by atoms with E-state index in [9.17, 15) is 8.42 Å². The van der Waals surface area contributed by atoms with Crippen LogP contribution in [0.15, 0.2) is 39.7 Å². The fourth-order valence-corrected chi connectivity index (χ4v) is 4.34. The molecule has 2 aromatic carbocycles. The summed E-state index contributed by atoms with van der Waals surface area (Å²) in [6.07, 6.45) is 0. The highest BCUT2D eigenvalue weighted by Gasteiger charge is 2.23. The summed E-state index contributed by atoms with van der Waals surface area (Å²) in [6, 6.07) is 7.32. The number of nitrogens with one attached hydrogen (secondary N) is 1. The Morgan fingerprint density at radius 2 is 1.71 bits per heavy atom. The zero-order valence-electron chi connectivity index (χ0n) is 10.2. The summed E-state index contributed by atoms with van der Waals surface area (Å²) < 4.78 is 27.8. The van der Waals surface area contributed by atoms with Crippen molar-refractivity contribution >= 4 is 72.1 Å². The Labute approximate surface area is 145 Å². The fraction of sp³-hybridized carbons (Fsp3) is 0. The van der Waals surface area contributed by atoms with E-state index in [1.54, 1.807) is 12.1 Å². The predicted molar refractivity (Wildman–Crippen MR) is 90.8 cm³/mol. The van der Waals surface area contributed by atoms with Gasteiger partial charge in [0, 0.05) is 14.5 Å². The molecule has 0 atom stereocenters. The van der Waals surface area contributed by atoms with Crippen LogP contribution in [0, 0.1) is 0 Å². The van der Waals surface area contributed by atoms with Crippen molar-refractivity contribution in [2.75, 3.05) is 10.5 Å². The Morgan fingerprint density at radius 3 is 2.33 bits per heavy atom. The van der Waals surface area contributed by atoms with Gasteiger partial charge < -0.3 is 5.73 Å². The van der Waals surface area contributed by atoms with E-state index >= 15 is 0 Å². The summed E-state index contributed by atoms with van der Waals surface area (Å²) in [5, 5.41) is 0.567. The quantitative estimate of drug-likeness (QED) is 0.688. The minimum absolute atomic E-state index is 0.0434. The van der Waals surface area contributed by atoms with Crippen LogP contribution in [-0.4, -0.2) is 8.42 Å². The molecule has 0 aliphatic heterocycles. The Balaban J connectivity index is 2.51. The maximum atomic E-state index is 12.4. The topological polar surface area (TPSA) is 72.2 Å². The van der Waals surface area contributed by atoms with Gasteiger partial charge in [-0.15, -0.1) is 0 Å². The molecular formula is C12H8BrCl3N2O2S. The van der Waals surface area contributed by atoms with Gasteiger partial charge in [-0.25, -0.2) is 8.42 Å². The lowest BCUT2D eigenvalue weighted by Gasteiger charge is -2.13. The molecule has 0 aliphatic carbocycles. The maximum Gasteiger partial charge on any atom is 0.265 e. The first-order valence-corrected chi connectivity index (χ1v) is 8.84. The molecule has 0 radical (unpaired) electrons. The Kier molecular flexibility index (Phi) is 4.95. The van der Waals surface area contributed by atoms with E-state index in [-0.39, 0.29) is 26.3 Å². The number of nitrogen functional groups attached to an aromatic ring is 1. The lowest BCUT2D eigenvalue weighted by atomic mass is 10.3. The summed E-state index contributed by atoms with van der Waals surface area (Å²) in [7, 11) is -3.98. The van der Waals surface area contributed by atoms with Crippen molar-refractivity contribution < 1.29 is 8.42 Å². The van der Waals surface area contributed by atoms with Crippen LogP contribution >= 0.6 is 50.7 Å². The van der Waals surface area contributed by atoms with Gasteiger partial charge in [-0.1, -0.05) is 34.8 Å². The van der Waals surface area contributed by atoms with Gasteiger partial charge in [-0.3, -0.25) is 4.72 Å². The normalized spacial score (nSPS) is 11.4. The summed E-state index contributed by atoms with van der Waals surface area (Å²) in [5.41, 5.74) is 5.93. The molecule has 0 bridgehead atoms. The monoisotopic (exact) mass is 428 g/mol. The van der Waals surface area contributed by atoms with Crippen LogP contribution in [0.25, 0.3) is 0 Å². The first-order valence-electron chi connectivity index (χ1n) is 5.43. The second kappa shape index (κ2) is 6.22. The summed E-state index contributed by atoms with van der Waals surface area (Å²) in [4.78, 5) is -0.236. The first-order chi connectivity index (χ1) is 9.70. The van der Waals surface area contributed by atoms with E-state index < -0.39 is 10.0 Å². The highest BCUT2D eigenvalue weighted by Crippen LogP contribution is 2.34. The van der Waals surface area contributed by atoms with Crippen LogP contribution in [0.3, 0.4) is 0 Å². The van der Waals surface area contributed by atoms with Crippen molar-refractivity contribution in [2.24, 2.45) is 0 Å². The van der Waals surface area contributed by atoms with Crippen LogP contribution in [0.4, 0.5) is 11.4 Å². The third-order valence-electron chi connectivity index (χ3n) is 2.48. The van der Waals surface area contributed by atoms with E-state index in [0.717, 1.165) is 0 Å². The Hall–Kier alpha value is -0.660. The number of sulfonamides is 1. The molecule has 2 aromatic rings. The van der Waals surface area contributed by atoms with E-state index in [0.29, 0.717) is 9.50 Å². The average Bonchev–Trinajstić information content (AvgIpc) is 2.31. The van der Waals surface area contributed by atoms with Crippen molar-refractivity contribution in [1.29, 1.82) is 0 Å². The molecule has 2 rings (SSSR count). The second-order valence-electron chi connectivity index (χ2n) is 4.04. The lowest BCUT2D eigenvalue weighted by molar-refractivity contribution is 0.601. The van der Waals surface area contributed by atoms with Gasteiger partial charge in [-0.2, -0.15) is 0 Å². The van der Waals surface area contributed by atoms with Crippen LogP contribution in [0.2, 0.25) is 15.1 Å². The standard InChI is InChI=1S/C12H8BrCl3N2O2S/c13-8-2-1-6(14)5-11(8)18-21(19,20)12-9(16)3-7(15)4-10(12)17/h1-5,18H,17H2. The molecule has 4 nitrogen and oxygen atoms in total. The molecule has 0 fully saturated rings. The van der Waals surface area contributed by atoms with Gasteiger partial charge >= 0.3 is 0 Å². The van der Waals surface area contributed by atoms with E-state index in [4.69, 9.17) is 40.5 Å². The number of hydrogen-bond acceptors (Lipinski definition) is 3. The molecule has 0 unspecified atom stereocenters. The fourth-order valence-electron chi connectivity index (χ4n) is 1.64. The molecule has 3 N–H and O–H groups in total. The van der Waals surface area contributed by atoms with Gasteiger partial charge in [0.25, 0.3) is 10.0 Å². The van der Waals surface area contributed by atoms with E-state index in [1.807, 2.05) is 0 Å². The number of halogens is 4. The summed E-state index contributed by atoms with van der Waals surface area (Å²) in [6.45, 7) is 0. The first kappa shape index (κ1) is 16.7. The van der Waals surface area contributed by atoms with E-state index in [2.05, 4.69) is 20.7 Å². The van der Waals surface area contributed by atoms with Gasteiger partial charge in [0.15, 0.2) is 0 Å². The van der Waals surface area contributed by atoms with Crippen LogP contribution in [0.5, 0.6) is 0 Å². The smallest absolute Gasteiger partial charge is 0.265 e. The summed E-state index contributed by atoms with van der Waals surface area (Å²) >= 11 is 20.8. The minimum Gasteiger partial charge on any atom is -0.398 e. The van der Waals surface area contributed by atoms with Gasteiger partial charge in [-0.05, 0) is 46.3 Å². The molecule has 112 valence electrons. The number of anilines is 2. The molecule has 0 saturated heterocycles. The molecule has 0 spiro atoms. The molecular weight excluding hydrogens is 422 g/mol. The minimum atomic E-state index is -3.98. The highest BCUT2D eigenvalue weighted by molar-refractivity contribution is 9.10. The summed E-state index contributed by atoms with van der Waals surface area (Å²) in [5.74, 6) is 0. The van der Waals surface area contributed by atoms with Crippen molar-refractivity contribution in [3.05, 3.63) is 49.9 Å². The van der Waals surface area contributed by atoms with Gasteiger partial charge in [0.05, 0.1) is 16.4 Å². The number of hydrogen-bond donors (Lipinski definition) is 2. The van der Waals surface area contributed by atoms with Crippen molar-refractivity contribution in [3.8, 4) is 0 Å². The second-order valence-corrected chi connectivity index (χ2v) is 7.79. The largest absolute Gasteiger partial charge is 0.398 e. The molecule has 9 heteroatoms. The molecule has 21 heavy (non-hydrogen) atoms. The Bertz CT molecular complexity index is 789. The zero-order valence-corrected chi connectivity index (χ0v) is 14.9. The number of rotatable bonds is 3. The van der Waals surface area contributed by atoms with Gasteiger partial charge in [0.2, 0.25) is 0 Å². The molecule has 0 aromatic heterocycles. The highest BCUT2D eigenvalue weighted by atomic mass is 79.9.